The van der Waals surface area contributed by atoms with E-state index in [4.69, 9.17) is 9.47 Å². The van der Waals surface area contributed by atoms with Crippen molar-refractivity contribution in [2.75, 3.05) is 14.2 Å². The van der Waals surface area contributed by atoms with Crippen LogP contribution >= 0.6 is 0 Å². The predicted molar refractivity (Wildman–Crippen MR) is 81.3 cm³/mol. The molecule has 0 spiro atoms. The van der Waals surface area contributed by atoms with E-state index < -0.39 is 6.09 Å². The summed E-state index contributed by atoms with van der Waals surface area (Å²) in [7, 11) is 3.18. The SMILES string of the molecule is COc1ccc(CN(Cc2ccc(OC)cc2)C([O])=O)cc1. The molecule has 1 radical (unpaired) electrons. The minimum atomic E-state index is -1.20. The number of amides is 1. The second-order valence-electron chi connectivity index (χ2n) is 4.82. The summed E-state index contributed by atoms with van der Waals surface area (Å²) in [5.41, 5.74) is 1.75. The van der Waals surface area contributed by atoms with Crippen molar-refractivity contribution >= 4 is 6.09 Å². The largest absolute Gasteiger partial charge is 0.497 e. The van der Waals surface area contributed by atoms with E-state index in [1.165, 1.54) is 4.90 Å². The lowest BCUT2D eigenvalue weighted by atomic mass is 10.1. The lowest BCUT2D eigenvalue weighted by Gasteiger charge is -2.18. The Hall–Kier alpha value is -2.69. The van der Waals surface area contributed by atoms with Crippen LogP contribution in [0.1, 0.15) is 11.1 Å². The zero-order chi connectivity index (χ0) is 15.9. The van der Waals surface area contributed by atoms with Crippen LogP contribution in [0, 0.1) is 0 Å². The summed E-state index contributed by atoms with van der Waals surface area (Å²) in [5.74, 6) is 1.47. The number of benzene rings is 2. The van der Waals surface area contributed by atoms with Crippen molar-refractivity contribution in [2.24, 2.45) is 0 Å². The summed E-state index contributed by atoms with van der Waals surface area (Å²) in [4.78, 5) is 12.6. The first-order valence-corrected chi connectivity index (χ1v) is 6.84. The van der Waals surface area contributed by atoms with Gasteiger partial charge in [0, 0.05) is 13.1 Å². The van der Waals surface area contributed by atoms with Gasteiger partial charge in [-0.25, -0.2) is 9.90 Å². The molecular weight excluding hydrogens is 282 g/mol. The topological polar surface area (TPSA) is 58.7 Å². The number of rotatable bonds is 6. The Morgan fingerprint density at radius 3 is 1.45 bits per heavy atom. The maximum atomic E-state index is 11.3. The molecule has 0 heterocycles. The van der Waals surface area contributed by atoms with E-state index in [1.54, 1.807) is 38.5 Å². The summed E-state index contributed by atoms with van der Waals surface area (Å²) < 4.78 is 10.2. The Morgan fingerprint density at radius 2 is 1.18 bits per heavy atom. The summed E-state index contributed by atoms with van der Waals surface area (Å²) in [6.07, 6.45) is -1.20. The number of carbonyl (C=O) groups excluding carboxylic acids is 1. The molecule has 0 N–H and O–H groups in total. The number of carbonyl (C=O) groups is 1. The molecule has 0 unspecified atom stereocenters. The van der Waals surface area contributed by atoms with Gasteiger partial charge in [-0.3, -0.25) is 4.90 Å². The molecule has 5 heteroatoms. The highest BCUT2D eigenvalue weighted by molar-refractivity contribution is 5.64. The van der Waals surface area contributed by atoms with Gasteiger partial charge in [0.25, 0.3) is 0 Å². The normalized spacial score (nSPS) is 10.1. The van der Waals surface area contributed by atoms with Crippen molar-refractivity contribution in [3.63, 3.8) is 0 Å². The van der Waals surface area contributed by atoms with E-state index in [0.717, 1.165) is 22.6 Å². The molecule has 2 aromatic carbocycles. The van der Waals surface area contributed by atoms with Crippen LogP contribution in [0.3, 0.4) is 0 Å². The number of ether oxygens (including phenoxy) is 2. The standard InChI is InChI=1S/C17H18NO4/c1-21-15-7-3-13(4-8-15)11-18(17(19)20)12-14-5-9-16(22-2)10-6-14/h3-10H,11-12H2,1-2H3. The fraction of sp³-hybridized carbons (Fsp3) is 0.235. The van der Waals surface area contributed by atoms with Crippen LogP contribution < -0.4 is 9.47 Å². The molecule has 1 amide bonds. The Kier molecular flexibility index (Phi) is 5.25. The number of hydrogen-bond acceptors (Lipinski definition) is 3. The molecule has 22 heavy (non-hydrogen) atoms. The van der Waals surface area contributed by atoms with E-state index in [0.29, 0.717) is 0 Å². The first-order chi connectivity index (χ1) is 10.6. The minimum Gasteiger partial charge on any atom is -0.497 e. The first kappa shape index (κ1) is 15.7. The Morgan fingerprint density at radius 1 is 0.818 bits per heavy atom. The highest BCUT2D eigenvalue weighted by Crippen LogP contribution is 2.16. The van der Waals surface area contributed by atoms with E-state index in [-0.39, 0.29) is 13.1 Å². The lowest BCUT2D eigenvalue weighted by Crippen LogP contribution is -2.27. The molecule has 0 atom stereocenters. The Labute approximate surface area is 129 Å². The molecule has 0 aliphatic carbocycles. The fourth-order valence-electron chi connectivity index (χ4n) is 2.09. The quantitative estimate of drug-likeness (QED) is 0.822. The molecule has 0 aliphatic heterocycles. The highest BCUT2D eigenvalue weighted by Gasteiger charge is 2.15. The molecule has 0 fully saturated rings. The molecule has 5 nitrogen and oxygen atoms in total. The van der Waals surface area contributed by atoms with Gasteiger partial charge >= 0.3 is 6.09 Å². The summed E-state index contributed by atoms with van der Waals surface area (Å²) in [6, 6.07) is 14.6. The predicted octanol–water partition coefficient (Wildman–Crippen LogP) is 3.26. The molecule has 2 aromatic rings. The Bertz CT molecular complexity index is 558. The van der Waals surface area contributed by atoms with E-state index in [9.17, 15) is 9.90 Å². The van der Waals surface area contributed by atoms with Gasteiger partial charge in [0.15, 0.2) is 0 Å². The van der Waals surface area contributed by atoms with Gasteiger partial charge < -0.3 is 9.47 Å². The number of methoxy groups -OCH3 is 2. The van der Waals surface area contributed by atoms with Crippen molar-refractivity contribution in [1.82, 2.24) is 4.90 Å². The number of nitrogens with zero attached hydrogens (tertiary/aromatic N) is 1. The van der Waals surface area contributed by atoms with Gasteiger partial charge in [-0.05, 0) is 35.4 Å². The van der Waals surface area contributed by atoms with Crippen molar-refractivity contribution in [3.05, 3.63) is 59.7 Å². The summed E-state index contributed by atoms with van der Waals surface area (Å²) in [6.45, 7) is 0.525. The summed E-state index contributed by atoms with van der Waals surface area (Å²) >= 11 is 0. The maximum absolute atomic E-state index is 11.3. The maximum Gasteiger partial charge on any atom is 0.453 e. The number of hydrogen-bond donors (Lipinski definition) is 0. The van der Waals surface area contributed by atoms with Crippen LogP contribution in [0.5, 0.6) is 11.5 Å². The van der Waals surface area contributed by atoms with Crippen molar-refractivity contribution < 1.29 is 19.4 Å². The molecule has 115 valence electrons. The van der Waals surface area contributed by atoms with Crippen molar-refractivity contribution in [1.29, 1.82) is 0 Å². The third-order valence-corrected chi connectivity index (χ3v) is 3.32. The van der Waals surface area contributed by atoms with Crippen LogP contribution in [0.2, 0.25) is 0 Å². The third kappa shape index (κ3) is 4.15. The second kappa shape index (κ2) is 7.36. The van der Waals surface area contributed by atoms with Gasteiger partial charge in [-0.2, -0.15) is 0 Å². The van der Waals surface area contributed by atoms with Gasteiger partial charge in [0.2, 0.25) is 0 Å². The molecule has 0 aliphatic rings. The summed E-state index contributed by atoms with van der Waals surface area (Å²) in [5, 5.41) is 11.3. The van der Waals surface area contributed by atoms with E-state index in [1.807, 2.05) is 24.3 Å². The van der Waals surface area contributed by atoms with Crippen LogP contribution in [0.4, 0.5) is 4.79 Å². The lowest BCUT2D eigenvalue weighted by molar-refractivity contribution is 0.114. The van der Waals surface area contributed by atoms with Gasteiger partial charge in [0.05, 0.1) is 14.2 Å². The molecule has 0 bridgehead atoms. The van der Waals surface area contributed by atoms with Gasteiger partial charge in [0.1, 0.15) is 11.5 Å². The first-order valence-electron chi connectivity index (χ1n) is 6.84. The Balaban J connectivity index is 2.06. The zero-order valence-corrected chi connectivity index (χ0v) is 12.6. The smallest absolute Gasteiger partial charge is 0.453 e. The van der Waals surface area contributed by atoms with E-state index in [2.05, 4.69) is 0 Å². The molecule has 2 rings (SSSR count). The van der Waals surface area contributed by atoms with E-state index >= 15 is 0 Å². The fourth-order valence-corrected chi connectivity index (χ4v) is 2.09. The minimum absolute atomic E-state index is 0.262. The molecule has 0 saturated heterocycles. The van der Waals surface area contributed by atoms with Crippen molar-refractivity contribution in [3.8, 4) is 11.5 Å². The average Bonchev–Trinajstić information content (AvgIpc) is 2.55. The van der Waals surface area contributed by atoms with Crippen molar-refractivity contribution in [2.45, 2.75) is 13.1 Å². The van der Waals surface area contributed by atoms with Gasteiger partial charge in [-0.15, -0.1) is 0 Å². The molecule has 0 saturated carbocycles. The molecule has 0 aromatic heterocycles. The third-order valence-electron chi connectivity index (χ3n) is 3.32. The second-order valence-corrected chi connectivity index (χ2v) is 4.82. The zero-order valence-electron chi connectivity index (χ0n) is 12.6. The van der Waals surface area contributed by atoms with Crippen LogP contribution in [-0.4, -0.2) is 25.2 Å². The highest BCUT2D eigenvalue weighted by atomic mass is 16.5. The van der Waals surface area contributed by atoms with Crippen LogP contribution in [0.15, 0.2) is 48.5 Å². The van der Waals surface area contributed by atoms with Crippen LogP contribution in [0.25, 0.3) is 0 Å². The monoisotopic (exact) mass is 300 g/mol. The average molecular weight is 300 g/mol. The van der Waals surface area contributed by atoms with Crippen LogP contribution in [-0.2, 0) is 18.2 Å². The molecular formula is C17H18NO4. The van der Waals surface area contributed by atoms with Gasteiger partial charge in [-0.1, -0.05) is 24.3 Å².